The van der Waals surface area contributed by atoms with Gasteiger partial charge in [-0.3, -0.25) is 0 Å². The molecule has 1 saturated heterocycles. The van der Waals surface area contributed by atoms with Crippen molar-refractivity contribution < 1.29 is 9.63 Å². The lowest BCUT2D eigenvalue weighted by Gasteiger charge is -2.19. The molecule has 0 unspecified atom stereocenters. The first-order valence-corrected chi connectivity index (χ1v) is 4.27. The maximum absolute atomic E-state index is 11.2. The SMILES string of the molecule is CCN(C)C(=O)ON1[CH]CCC1. The molecule has 0 atom stereocenters. The topological polar surface area (TPSA) is 32.8 Å². The minimum Gasteiger partial charge on any atom is -0.351 e. The van der Waals surface area contributed by atoms with E-state index in [-0.39, 0.29) is 6.09 Å². The Bertz CT molecular complexity index is 155. The average Bonchev–Trinajstić information content (AvgIpc) is 2.55. The predicted molar refractivity (Wildman–Crippen MR) is 45.0 cm³/mol. The fourth-order valence-corrected chi connectivity index (χ4v) is 0.956. The molecule has 1 aliphatic rings. The number of hydrogen-bond acceptors (Lipinski definition) is 3. The van der Waals surface area contributed by atoms with Gasteiger partial charge in [-0.1, -0.05) is 0 Å². The largest absolute Gasteiger partial charge is 0.428 e. The van der Waals surface area contributed by atoms with E-state index in [1.165, 1.54) is 4.90 Å². The van der Waals surface area contributed by atoms with Gasteiger partial charge in [-0.05, 0) is 19.8 Å². The molecule has 0 aromatic rings. The van der Waals surface area contributed by atoms with Crippen molar-refractivity contribution in [2.45, 2.75) is 19.8 Å². The number of carbonyl (C=O) groups is 1. The van der Waals surface area contributed by atoms with Crippen LogP contribution in [0.5, 0.6) is 0 Å². The summed E-state index contributed by atoms with van der Waals surface area (Å²) in [6.07, 6.45) is 1.79. The molecule has 0 aromatic heterocycles. The third kappa shape index (κ3) is 2.37. The molecule has 4 heteroatoms. The lowest BCUT2D eigenvalue weighted by molar-refractivity contribution is -0.0731. The molecule has 1 aliphatic heterocycles. The summed E-state index contributed by atoms with van der Waals surface area (Å²) in [4.78, 5) is 17.7. The van der Waals surface area contributed by atoms with Crippen LogP contribution in [0.25, 0.3) is 0 Å². The van der Waals surface area contributed by atoms with Crippen molar-refractivity contribution in [3.05, 3.63) is 6.54 Å². The standard InChI is InChI=1S/C8H15N2O2/c1-3-9(2)8(11)12-10-6-4-5-7-10/h6H,3-5,7H2,1-2H3. The molecule has 1 amide bonds. The van der Waals surface area contributed by atoms with E-state index in [1.807, 2.05) is 13.5 Å². The van der Waals surface area contributed by atoms with Gasteiger partial charge in [-0.15, -0.1) is 5.06 Å². The second-order valence-electron chi connectivity index (χ2n) is 2.84. The van der Waals surface area contributed by atoms with Gasteiger partial charge in [-0.25, -0.2) is 4.79 Å². The monoisotopic (exact) mass is 171 g/mol. The van der Waals surface area contributed by atoms with Crippen LogP contribution in [-0.2, 0) is 4.84 Å². The molecule has 0 aromatic carbocycles. The highest BCUT2D eigenvalue weighted by atomic mass is 16.7. The Hall–Kier alpha value is -0.770. The highest BCUT2D eigenvalue weighted by molar-refractivity contribution is 5.66. The first-order chi connectivity index (χ1) is 5.74. The van der Waals surface area contributed by atoms with Crippen LogP contribution in [0.4, 0.5) is 4.79 Å². The van der Waals surface area contributed by atoms with E-state index < -0.39 is 0 Å². The van der Waals surface area contributed by atoms with Crippen molar-refractivity contribution >= 4 is 6.09 Å². The van der Waals surface area contributed by atoms with E-state index in [9.17, 15) is 4.79 Å². The Balaban J connectivity index is 2.25. The maximum Gasteiger partial charge on any atom is 0.428 e. The zero-order valence-corrected chi connectivity index (χ0v) is 7.62. The predicted octanol–water partition coefficient (Wildman–Crippen LogP) is 1.25. The number of hydroxylamine groups is 2. The molecule has 0 N–H and O–H groups in total. The van der Waals surface area contributed by atoms with Crippen LogP contribution in [0, 0.1) is 6.54 Å². The van der Waals surface area contributed by atoms with Crippen molar-refractivity contribution in [2.24, 2.45) is 0 Å². The molecule has 69 valence electrons. The summed E-state index contributed by atoms with van der Waals surface area (Å²) in [5.74, 6) is 0. The van der Waals surface area contributed by atoms with Crippen LogP contribution in [0.1, 0.15) is 19.8 Å². The number of rotatable bonds is 2. The van der Waals surface area contributed by atoms with Crippen LogP contribution in [0.3, 0.4) is 0 Å². The third-order valence-corrected chi connectivity index (χ3v) is 1.90. The summed E-state index contributed by atoms with van der Waals surface area (Å²) in [5.41, 5.74) is 0. The Labute approximate surface area is 73.0 Å². The number of hydrogen-bond donors (Lipinski definition) is 0. The van der Waals surface area contributed by atoms with Crippen LogP contribution in [-0.4, -0.2) is 36.2 Å². The van der Waals surface area contributed by atoms with E-state index in [4.69, 9.17) is 4.84 Å². The van der Waals surface area contributed by atoms with Crippen LogP contribution in [0.2, 0.25) is 0 Å². The van der Waals surface area contributed by atoms with Crippen LogP contribution in [0.15, 0.2) is 0 Å². The van der Waals surface area contributed by atoms with Crippen molar-refractivity contribution in [1.29, 1.82) is 0 Å². The van der Waals surface area contributed by atoms with Crippen molar-refractivity contribution in [2.75, 3.05) is 20.1 Å². The summed E-state index contributed by atoms with van der Waals surface area (Å²) in [5, 5.41) is 1.61. The van der Waals surface area contributed by atoms with Gasteiger partial charge in [0.1, 0.15) is 0 Å². The number of amides is 1. The van der Waals surface area contributed by atoms with Gasteiger partial charge in [0, 0.05) is 20.1 Å². The number of carbonyl (C=O) groups excluding carboxylic acids is 1. The molecule has 1 rings (SSSR count). The second-order valence-corrected chi connectivity index (χ2v) is 2.84. The third-order valence-electron chi connectivity index (χ3n) is 1.90. The highest BCUT2D eigenvalue weighted by Crippen LogP contribution is 2.12. The van der Waals surface area contributed by atoms with Crippen molar-refractivity contribution in [1.82, 2.24) is 9.96 Å². The Morgan fingerprint density at radius 1 is 1.75 bits per heavy atom. The molecular weight excluding hydrogens is 156 g/mol. The van der Waals surface area contributed by atoms with E-state index in [1.54, 1.807) is 12.1 Å². The lowest BCUT2D eigenvalue weighted by atomic mass is 10.4. The fraction of sp³-hybridized carbons (Fsp3) is 0.750. The summed E-state index contributed by atoms with van der Waals surface area (Å²) in [6.45, 7) is 5.31. The first kappa shape index (κ1) is 9.32. The smallest absolute Gasteiger partial charge is 0.351 e. The lowest BCUT2D eigenvalue weighted by Crippen LogP contribution is -2.32. The average molecular weight is 171 g/mol. The van der Waals surface area contributed by atoms with E-state index in [0.717, 1.165) is 19.4 Å². The first-order valence-electron chi connectivity index (χ1n) is 4.27. The van der Waals surface area contributed by atoms with Gasteiger partial charge in [0.15, 0.2) is 0 Å². The van der Waals surface area contributed by atoms with Crippen molar-refractivity contribution in [3.8, 4) is 0 Å². The molecule has 0 aliphatic carbocycles. The molecule has 1 radical (unpaired) electrons. The van der Waals surface area contributed by atoms with Crippen LogP contribution < -0.4 is 0 Å². The molecular formula is C8H15N2O2. The Kier molecular flexibility index (Phi) is 3.34. The van der Waals surface area contributed by atoms with Crippen LogP contribution >= 0.6 is 0 Å². The quantitative estimate of drug-likeness (QED) is 0.626. The minimum atomic E-state index is -0.282. The highest BCUT2D eigenvalue weighted by Gasteiger charge is 2.18. The summed E-state index contributed by atoms with van der Waals surface area (Å²) < 4.78 is 0. The summed E-state index contributed by atoms with van der Waals surface area (Å²) >= 11 is 0. The minimum absolute atomic E-state index is 0.282. The fourth-order valence-electron chi connectivity index (χ4n) is 0.956. The second kappa shape index (κ2) is 4.30. The molecule has 0 spiro atoms. The van der Waals surface area contributed by atoms with Gasteiger partial charge in [0.2, 0.25) is 0 Å². The normalized spacial score (nSPS) is 17.8. The Morgan fingerprint density at radius 3 is 3.00 bits per heavy atom. The maximum atomic E-state index is 11.2. The van der Waals surface area contributed by atoms with Gasteiger partial charge < -0.3 is 9.74 Å². The summed E-state index contributed by atoms with van der Waals surface area (Å²) in [7, 11) is 1.72. The van der Waals surface area contributed by atoms with Crippen molar-refractivity contribution in [3.63, 3.8) is 0 Å². The Morgan fingerprint density at radius 2 is 2.50 bits per heavy atom. The molecule has 0 saturated carbocycles. The molecule has 1 fully saturated rings. The zero-order chi connectivity index (χ0) is 8.97. The van der Waals surface area contributed by atoms with E-state index >= 15 is 0 Å². The van der Waals surface area contributed by atoms with Gasteiger partial charge in [0.05, 0.1) is 6.54 Å². The van der Waals surface area contributed by atoms with Gasteiger partial charge >= 0.3 is 6.09 Å². The van der Waals surface area contributed by atoms with E-state index in [2.05, 4.69) is 0 Å². The number of nitrogens with zero attached hydrogens (tertiary/aromatic N) is 2. The van der Waals surface area contributed by atoms with Gasteiger partial charge in [0.25, 0.3) is 0 Å². The van der Waals surface area contributed by atoms with E-state index in [0.29, 0.717) is 6.54 Å². The molecule has 4 nitrogen and oxygen atoms in total. The zero-order valence-electron chi connectivity index (χ0n) is 7.62. The molecule has 12 heavy (non-hydrogen) atoms. The molecule has 1 heterocycles. The van der Waals surface area contributed by atoms with Gasteiger partial charge in [-0.2, -0.15) is 0 Å². The molecule has 0 bridgehead atoms. The summed E-state index contributed by atoms with van der Waals surface area (Å²) in [6, 6.07) is 0.